The Labute approximate surface area is 199 Å². The highest BCUT2D eigenvalue weighted by atomic mass is 32.2. The first-order chi connectivity index (χ1) is 15.6. The second-order valence-electron chi connectivity index (χ2n) is 6.86. The minimum Gasteiger partial charge on any atom is -0.497 e. The molecule has 166 valence electrons. The highest BCUT2D eigenvalue weighted by Gasteiger charge is 2.20. The molecule has 0 saturated carbocycles. The summed E-state index contributed by atoms with van der Waals surface area (Å²) in [6, 6.07) is 15.4. The zero-order valence-electron chi connectivity index (χ0n) is 17.9. The molecule has 32 heavy (non-hydrogen) atoms. The van der Waals surface area contributed by atoms with Gasteiger partial charge in [-0.05, 0) is 38.1 Å². The standard InChI is InChI=1S/C22H23N5O2S3/c1-4-27-19(13-30-22-24-17-10-5-6-11-18(17)32-22)25-26-21(27)31-14(2)20(28)23-15-8-7-9-16(12-15)29-3/h5-12,14H,4,13H2,1-3H3,(H,23,28). The highest BCUT2D eigenvalue weighted by Crippen LogP contribution is 2.32. The van der Waals surface area contributed by atoms with Crippen LogP contribution >= 0.6 is 34.9 Å². The molecule has 2 aromatic carbocycles. The summed E-state index contributed by atoms with van der Waals surface area (Å²) in [7, 11) is 1.60. The summed E-state index contributed by atoms with van der Waals surface area (Å²) in [5.41, 5.74) is 1.72. The van der Waals surface area contributed by atoms with E-state index in [1.54, 1.807) is 36.3 Å². The normalized spacial score (nSPS) is 12.1. The van der Waals surface area contributed by atoms with Crippen LogP contribution in [0.2, 0.25) is 0 Å². The first-order valence-electron chi connectivity index (χ1n) is 10.1. The molecule has 2 aromatic heterocycles. The van der Waals surface area contributed by atoms with Gasteiger partial charge in [0.1, 0.15) is 11.6 Å². The lowest BCUT2D eigenvalue weighted by Crippen LogP contribution is -2.23. The molecule has 0 spiro atoms. The Kier molecular flexibility index (Phi) is 7.33. The van der Waals surface area contributed by atoms with E-state index in [0.717, 1.165) is 27.4 Å². The average molecular weight is 486 g/mol. The van der Waals surface area contributed by atoms with Gasteiger partial charge in [-0.1, -0.05) is 41.7 Å². The highest BCUT2D eigenvalue weighted by molar-refractivity contribution is 8.00. The van der Waals surface area contributed by atoms with Gasteiger partial charge in [0.2, 0.25) is 5.91 Å². The lowest BCUT2D eigenvalue weighted by molar-refractivity contribution is -0.115. The van der Waals surface area contributed by atoms with Gasteiger partial charge in [0.15, 0.2) is 9.50 Å². The lowest BCUT2D eigenvalue weighted by Gasteiger charge is -2.13. The molecular weight excluding hydrogens is 462 g/mol. The van der Waals surface area contributed by atoms with Crippen molar-refractivity contribution >= 4 is 56.7 Å². The van der Waals surface area contributed by atoms with Gasteiger partial charge in [-0.3, -0.25) is 4.79 Å². The molecule has 1 amide bonds. The van der Waals surface area contributed by atoms with Crippen LogP contribution in [0.1, 0.15) is 19.7 Å². The van der Waals surface area contributed by atoms with Crippen molar-refractivity contribution < 1.29 is 9.53 Å². The van der Waals surface area contributed by atoms with Crippen LogP contribution in [-0.2, 0) is 17.1 Å². The molecule has 2 heterocycles. The predicted molar refractivity (Wildman–Crippen MR) is 132 cm³/mol. The van der Waals surface area contributed by atoms with Crippen molar-refractivity contribution in [2.75, 3.05) is 12.4 Å². The van der Waals surface area contributed by atoms with Crippen LogP contribution in [0.4, 0.5) is 5.69 Å². The van der Waals surface area contributed by atoms with Gasteiger partial charge in [0.05, 0.1) is 28.3 Å². The maximum Gasteiger partial charge on any atom is 0.237 e. The number of nitrogens with zero attached hydrogens (tertiary/aromatic N) is 4. The third kappa shape index (κ3) is 5.25. The number of hydrogen-bond donors (Lipinski definition) is 1. The maximum absolute atomic E-state index is 12.7. The number of nitrogens with one attached hydrogen (secondary N) is 1. The number of thioether (sulfide) groups is 2. The van der Waals surface area contributed by atoms with Gasteiger partial charge in [-0.2, -0.15) is 0 Å². The summed E-state index contributed by atoms with van der Waals surface area (Å²) in [5, 5.41) is 12.1. The van der Waals surface area contributed by atoms with Crippen LogP contribution in [0, 0.1) is 0 Å². The van der Waals surface area contributed by atoms with Crippen molar-refractivity contribution in [3.8, 4) is 5.75 Å². The summed E-state index contributed by atoms with van der Waals surface area (Å²) in [4.78, 5) is 17.3. The third-order valence-corrected chi connectivity index (χ3v) is 7.95. The number of hydrogen-bond acceptors (Lipinski definition) is 8. The number of aromatic nitrogens is 4. The van der Waals surface area contributed by atoms with E-state index in [1.807, 2.05) is 43.3 Å². The molecule has 4 rings (SSSR count). The van der Waals surface area contributed by atoms with Gasteiger partial charge >= 0.3 is 0 Å². The zero-order chi connectivity index (χ0) is 22.5. The number of fused-ring (bicyclic) bond motifs is 1. The largest absolute Gasteiger partial charge is 0.497 e. The number of thiazole rings is 1. The van der Waals surface area contributed by atoms with Crippen LogP contribution in [0.3, 0.4) is 0 Å². The zero-order valence-corrected chi connectivity index (χ0v) is 20.4. The molecule has 0 aliphatic rings. The summed E-state index contributed by atoms with van der Waals surface area (Å²) in [6.07, 6.45) is 0. The monoisotopic (exact) mass is 485 g/mol. The van der Waals surface area contributed by atoms with Crippen molar-refractivity contribution in [2.24, 2.45) is 0 Å². The second kappa shape index (κ2) is 10.4. The van der Waals surface area contributed by atoms with Crippen LogP contribution in [0.5, 0.6) is 5.75 Å². The molecule has 1 N–H and O–H groups in total. The Morgan fingerprint density at radius 3 is 2.84 bits per heavy atom. The van der Waals surface area contributed by atoms with Crippen LogP contribution in [0.15, 0.2) is 58.0 Å². The SMILES string of the molecule is CCn1c(CSc2nc3ccccc3s2)nnc1SC(C)C(=O)Nc1cccc(OC)c1. The number of carbonyl (C=O) groups is 1. The van der Waals surface area contributed by atoms with Crippen molar-refractivity contribution in [1.29, 1.82) is 0 Å². The van der Waals surface area contributed by atoms with E-state index in [9.17, 15) is 4.79 Å². The molecular formula is C22H23N5O2S3. The van der Waals surface area contributed by atoms with Gasteiger partial charge in [-0.15, -0.1) is 21.5 Å². The van der Waals surface area contributed by atoms with Crippen LogP contribution < -0.4 is 10.1 Å². The fourth-order valence-electron chi connectivity index (χ4n) is 3.03. The van der Waals surface area contributed by atoms with E-state index in [4.69, 9.17) is 4.74 Å². The molecule has 10 heteroatoms. The van der Waals surface area contributed by atoms with E-state index in [0.29, 0.717) is 17.2 Å². The molecule has 0 aliphatic heterocycles. The molecule has 4 aromatic rings. The Morgan fingerprint density at radius 2 is 2.06 bits per heavy atom. The molecule has 0 saturated heterocycles. The Bertz CT molecular complexity index is 1190. The fourth-order valence-corrected chi connectivity index (χ4v) is 5.97. The number of ether oxygens (including phenoxy) is 1. The number of carbonyl (C=O) groups excluding carboxylic acids is 1. The van der Waals surface area contributed by atoms with Crippen LogP contribution in [0.25, 0.3) is 10.2 Å². The molecule has 0 radical (unpaired) electrons. The summed E-state index contributed by atoms with van der Waals surface area (Å²) < 4.78 is 9.46. The summed E-state index contributed by atoms with van der Waals surface area (Å²) >= 11 is 4.74. The number of anilines is 1. The van der Waals surface area contributed by atoms with Crippen LogP contribution in [-0.4, -0.2) is 38.0 Å². The third-order valence-electron chi connectivity index (χ3n) is 4.70. The summed E-state index contributed by atoms with van der Waals surface area (Å²) in [5.74, 6) is 2.15. The first kappa shape index (κ1) is 22.6. The Balaban J connectivity index is 1.39. The van der Waals surface area contributed by atoms with Crippen molar-refractivity contribution in [3.63, 3.8) is 0 Å². The molecule has 0 fully saturated rings. The van der Waals surface area contributed by atoms with Gasteiger partial charge < -0.3 is 14.6 Å². The van der Waals surface area contributed by atoms with Crippen molar-refractivity contribution in [2.45, 2.75) is 40.9 Å². The average Bonchev–Trinajstić information content (AvgIpc) is 3.40. The minimum atomic E-state index is -0.333. The van der Waals surface area contributed by atoms with E-state index < -0.39 is 0 Å². The van der Waals surface area contributed by atoms with Crippen molar-refractivity contribution in [1.82, 2.24) is 19.7 Å². The smallest absolute Gasteiger partial charge is 0.237 e. The quantitative estimate of drug-likeness (QED) is 0.321. The van der Waals surface area contributed by atoms with E-state index >= 15 is 0 Å². The number of amides is 1. The first-order valence-corrected chi connectivity index (χ1v) is 12.8. The molecule has 0 aliphatic carbocycles. The maximum atomic E-state index is 12.7. The number of methoxy groups -OCH3 is 1. The predicted octanol–water partition coefficient (Wildman–Crippen LogP) is 5.33. The second-order valence-corrected chi connectivity index (χ2v) is 10.4. The molecule has 0 bridgehead atoms. The molecule has 1 unspecified atom stereocenters. The molecule has 1 atom stereocenters. The minimum absolute atomic E-state index is 0.0979. The van der Waals surface area contributed by atoms with E-state index in [-0.39, 0.29) is 11.2 Å². The van der Waals surface area contributed by atoms with E-state index in [1.165, 1.54) is 16.5 Å². The van der Waals surface area contributed by atoms with Gasteiger partial charge in [0, 0.05) is 18.3 Å². The fraction of sp³-hybridized carbons (Fsp3) is 0.273. The Hall–Kier alpha value is -2.56. The summed E-state index contributed by atoms with van der Waals surface area (Å²) in [6.45, 7) is 4.65. The van der Waals surface area contributed by atoms with Gasteiger partial charge in [0.25, 0.3) is 0 Å². The lowest BCUT2D eigenvalue weighted by atomic mass is 10.3. The number of para-hydroxylation sites is 1. The van der Waals surface area contributed by atoms with E-state index in [2.05, 4.69) is 38.1 Å². The Morgan fingerprint density at radius 1 is 1.22 bits per heavy atom. The molecule has 7 nitrogen and oxygen atoms in total. The number of benzene rings is 2. The number of rotatable bonds is 9. The van der Waals surface area contributed by atoms with Gasteiger partial charge in [-0.25, -0.2) is 4.98 Å². The van der Waals surface area contributed by atoms with Crippen molar-refractivity contribution in [3.05, 3.63) is 54.4 Å². The topological polar surface area (TPSA) is 81.9 Å².